The van der Waals surface area contributed by atoms with E-state index >= 15 is 0 Å². The van der Waals surface area contributed by atoms with Crippen LogP contribution in [0.1, 0.15) is 13.8 Å². The van der Waals surface area contributed by atoms with Crippen molar-refractivity contribution < 1.29 is 34.4 Å². The van der Waals surface area contributed by atoms with Gasteiger partial charge in [0, 0.05) is 52.7 Å². The van der Waals surface area contributed by atoms with Gasteiger partial charge in [-0.05, 0) is 36.8 Å². The third-order valence-electron chi connectivity index (χ3n) is 5.03. The summed E-state index contributed by atoms with van der Waals surface area (Å²) in [4.78, 5) is 14.8. The van der Waals surface area contributed by atoms with Gasteiger partial charge in [-0.1, -0.05) is 41.8 Å². The number of benzene rings is 3. The monoisotopic (exact) mass is 617 g/mol. The minimum absolute atomic E-state index is 0. The molecule has 6 rings (SSSR count). The Labute approximate surface area is 201 Å². The molecule has 6 heteroatoms. The number of ketones is 1. The van der Waals surface area contributed by atoms with Crippen LogP contribution in [0.3, 0.4) is 0 Å². The van der Waals surface area contributed by atoms with Crippen LogP contribution in [0.15, 0.2) is 77.0 Å². The van der Waals surface area contributed by atoms with Crippen molar-refractivity contribution in [3.05, 3.63) is 78.7 Å². The van der Waals surface area contributed by atoms with Gasteiger partial charge in [0.15, 0.2) is 5.78 Å². The fourth-order valence-corrected chi connectivity index (χ4v) is 5.09. The number of rotatable bonds is 1. The molecule has 0 aliphatic rings. The second-order valence-corrected chi connectivity index (χ2v) is 8.40. The molecule has 0 fully saturated rings. The maximum absolute atomic E-state index is 10.0. The number of furan rings is 1. The Morgan fingerprint density at radius 1 is 1.06 bits per heavy atom. The number of fused-ring (bicyclic) bond motifs is 4. The Kier molecular flexibility index (Phi) is 6.11. The molecule has 32 heavy (non-hydrogen) atoms. The second-order valence-electron chi connectivity index (χ2n) is 7.34. The van der Waals surface area contributed by atoms with E-state index in [2.05, 4.69) is 42.5 Å². The van der Waals surface area contributed by atoms with Crippen LogP contribution >= 0.6 is 11.3 Å². The smallest absolute Gasteiger partial charge is 0.155 e. The van der Waals surface area contributed by atoms with Gasteiger partial charge >= 0.3 is 0 Å². The van der Waals surface area contributed by atoms with Gasteiger partial charge < -0.3 is 14.5 Å². The second kappa shape index (κ2) is 8.83. The Balaban J connectivity index is 0.000000271. The van der Waals surface area contributed by atoms with E-state index in [1.54, 1.807) is 11.3 Å². The molecule has 0 saturated heterocycles. The zero-order valence-corrected chi connectivity index (χ0v) is 20.5. The molecule has 3 aromatic carbocycles. The molecule has 3 aromatic heterocycles. The minimum atomic E-state index is -0.125. The summed E-state index contributed by atoms with van der Waals surface area (Å²) in [6.07, 6.45) is 3.12. The number of hydrogen-bond donors (Lipinski definition) is 1. The summed E-state index contributed by atoms with van der Waals surface area (Å²) < 4.78 is 8.46. The molecule has 3 heterocycles. The molecular formula is C26H18IrNO3S-. The number of aliphatic hydroxyl groups excluding tert-OH is 1. The number of aromatic nitrogens is 1. The Hall–Kier alpha value is -3.05. The number of aliphatic hydroxyl groups is 1. The van der Waals surface area contributed by atoms with Crippen molar-refractivity contribution in [1.29, 1.82) is 0 Å². The van der Waals surface area contributed by atoms with Crippen LogP contribution in [0.5, 0.6) is 0 Å². The van der Waals surface area contributed by atoms with E-state index in [0.717, 1.165) is 32.8 Å². The van der Waals surface area contributed by atoms with Crippen LogP contribution in [-0.2, 0) is 24.9 Å². The summed E-state index contributed by atoms with van der Waals surface area (Å²) >= 11 is 1.77. The van der Waals surface area contributed by atoms with Crippen molar-refractivity contribution in [2.75, 3.05) is 0 Å². The third kappa shape index (κ3) is 3.82. The van der Waals surface area contributed by atoms with Gasteiger partial charge in [-0.25, -0.2) is 0 Å². The van der Waals surface area contributed by atoms with E-state index in [4.69, 9.17) is 14.5 Å². The first-order chi connectivity index (χ1) is 15.0. The van der Waals surface area contributed by atoms with Gasteiger partial charge in [0.1, 0.15) is 5.58 Å². The standard InChI is InChI=1S/C21H10NOS.C5H8O2.Ir/c1-2-6-13-12(5-1)11-22-20-14-7-3-8-15-18(14)19-16(23-15)9-4-10-17(19)24-21(13)20;1-4(6)3-5(2)7;/h1-6,8-11H;3,6H,1-2H3;/q-1;;/b;4-3-;. The summed E-state index contributed by atoms with van der Waals surface area (Å²) in [6, 6.07) is 22.0. The summed E-state index contributed by atoms with van der Waals surface area (Å²) in [5, 5.41) is 14.1. The number of pyridine rings is 1. The molecule has 0 aliphatic heterocycles. The van der Waals surface area contributed by atoms with Gasteiger partial charge in [-0.2, -0.15) is 0 Å². The number of hydrogen-bond acceptors (Lipinski definition) is 5. The van der Waals surface area contributed by atoms with Crippen LogP contribution in [-0.4, -0.2) is 15.9 Å². The van der Waals surface area contributed by atoms with E-state index in [-0.39, 0.29) is 31.6 Å². The fourth-order valence-electron chi connectivity index (χ4n) is 3.87. The Morgan fingerprint density at radius 3 is 2.59 bits per heavy atom. The Bertz CT molecular complexity index is 1640. The van der Waals surface area contributed by atoms with Gasteiger partial charge in [0.2, 0.25) is 0 Å². The molecule has 0 bridgehead atoms. The van der Waals surface area contributed by atoms with Crippen molar-refractivity contribution in [3.63, 3.8) is 0 Å². The van der Waals surface area contributed by atoms with Crippen LogP contribution < -0.4 is 0 Å². The van der Waals surface area contributed by atoms with Crippen molar-refractivity contribution in [2.24, 2.45) is 0 Å². The maximum atomic E-state index is 10.0. The van der Waals surface area contributed by atoms with E-state index in [1.807, 2.05) is 24.4 Å². The predicted molar refractivity (Wildman–Crippen MR) is 128 cm³/mol. The summed E-state index contributed by atoms with van der Waals surface area (Å²) in [7, 11) is 0. The van der Waals surface area contributed by atoms with Gasteiger partial charge in [-0.15, -0.1) is 28.9 Å². The summed E-state index contributed by atoms with van der Waals surface area (Å²) in [5.74, 6) is -0.0625. The first-order valence-electron chi connectivity index (χ1n) is 9.82. The molecule has 1 N–H and O–H groups in total. The topological polar surface area (TPSA) is 63.3 Å². The van der Waals surface area contributed by atoms with Crippen molar-refractivity contribution in [2.45, 2.75) is 13.8 Å². The molecule has 0 spiro atoms. The molecule has 0 atom stereocenters. The van der Waals surface area contributed by atoms with Crippen LogP contribution in [0.2, 0.25) is 0 Å². The van der Waals surface area contributed by atoms with Gasteiger partial charge in [0.25, 0.3) is 0 Å². The molecule has 1 radical (unpaired) electrons. The van der Waals surface area contributed by atoms with Crippen molar-refractivity contribution in [1.82, 2.24) is 4.98 Å². The molecule has 0 unspecified atom stereocenters. The van der Waals surface area contributed by atoms with Crippen molar-refractivity contribution in [3.8, 4) is 0 Å². The fraction of sp³-hybridized carbons (Fsp3) is 0.0769. The number of allylic oxidation sites excluding steroid dienone is 2. The van der Waals surface area contributed by atoms with Gasteiger partial charge in [-0.3, -0.25) is 4.79 Å². The number of carbonyl (C=O) groups excluding carboxylic acids is 1. The van der Waals surface area contributed by atoms with Crippen LogP contribution in [0.4, 0.5) is 0 Å². The summed E-state index contributed by atoms with van der Waals surface area (Å²) in [6.45, 7) is 2.85. The average Bonchev–Trinajstić information content (AvgIpc) is 3.05. The zero-order chi connectivity index (χ0) is 21.5. The molecular weight excluding hydrogens is 599 g/mol. The van der Waals surface area contributed by atoms with E-state index in [1.165, 1.54) is 40.1 Å². The number of carbonyl (C=O) groups is 1. The van der Waals surface area contributed by atoms with E-state index < -0.39 is 0 Å². The van der Waals surface area contributed by atoms with E-state index in [0.29, 0.717) is 0 Å². The minimum Gasteiger partial charge on any atom is -0.512 e. The largest absolute Gasteiger partial charge is 0.512 e. The SMILES string of the molecule is CC(=O)/C=C(/C)O.[Ir].[c-]1ccc2oc3cccc4sc5c6ccccc6cnc5c1c2c34. The average molecular weight is 617 g/mol. The Morgan fingerprint density at radius 2 is 1.84 bits per heavy atom. The van der Waals surface area contributed by atoms with Gasteiger partial charge in [0.05, 0.1) is 11.3 Å². The van der Waals surface area contributed by atoms with Crippen molar-refractivity contribution >= 4 is 70.1 Å². The molecule has 161 valence electrons. The predicted octanol–water partition coefficient (Wildman–Crippen LogP) is 7.34. The van der Waals surface area contributed by atoms with Crippen LogP contribution in [0, 0.1) is 6.07 Å². The first kappa shape index (κ1) is 22.2. The number of nitrogens with zero attached hydrogens (tertiary/aromatic N) is 1. The summed E-state index contributed by atoms with van der Waals surface area (Å²) in [5.41, 5.74) is 2.81. The first-order valence-corrected chi connectivity index (χ1v) is 10.6. The quantitative estimate of drug-likeness (QED) is 0.119. The normalized spacial score (nSPS) is 11.6. The molecule has 0 saturated carbocycles. The van der Waals surface area contributed by atoms with E-state index in [9.17, 15) is 4.79 Å². The third-order valence-corrected chi connectivity index (χ3v) is 6.21. The zero-order valence-electron chi connectivity index (χ0n) is 17.3. The van der Waals surface area contributed by atoms with Crippen LogP contribution in [0.25, 0.3) is 53.0 Å². The molecule has 6 aromatic rings. The molecule has 0 amide bonds. The molecule has 0 aliphatic carbocycles. The maximum Gasteiger partial charge on any atom is 0.155 e. The molecule has 4 nitrogen and oxygen atoms in total.